The monoisotopic (exact) mass is 1430 g/mol. The van der Waals surface area contributed by atoms with E-state index in [4.69, 9.17) is 0 Å². The molecule has 18 aliphatic carbocycles. The molecular weight excluding hydrogens is 1370 g/mol. The fourth-order valence-electron chi connectivity index (χ4n) is 25.0. The Morgan fingerprint density at radius 2 is 0.228 bits per heavy atom. The van der Waals surface area contributed by atoms with E-state index in [1.165, 1.54) is 0 Å². The van der Waals surface area contributed by atoms with Crippen LogP contribution in [0.15, 0.2) is 182 Å². The van der Waals surface area contributed by atoms with Gasteiger partial charge in [-0.1, -0.05) is 294 Å². The van der Waals surface area contributed by atoms with Crippen LogP contribution in [-0.4, -0.2) is 0 Å². The van der Waals surface area contributed by atoms with Crippen LogP contribution in [0.1, 0.15) is 182 Å². The standard InChI is InChI=1S/C114H66/c1-7-43-91-97(109-61-25-19-55-103(91,109)67-31-73-109)49-13-14-50-98-94(106-58-22-26-62-110(98,106)74-34-70-106)46-10-4-40-88-82-89-41-5-11-47-95-101(113-65-29-23-59-107(95,113)71-35-77-113)53-17-15-51-99-92(104-56-20-27-63-111(99,104)75-32-68-104)44-8-2-38-86-79-85(37-1)80-87(81-86)39-3-9-45-93-100(112-64-28-21-57-105(93,112)69-33-76-112)52-16-18-54-102-96(48-12-6-42-90(83-88)84-89)108-60-24-30-66-114(102,108)78-36-72-108/h19-30,55-66,79-84H,31-36,67-78H2/t103-,104-,105-,106+,107+,108+,109+,110-,111+,112+,113-,114-. The van der Waals surface area contributed by atoms with Crippen LogP contribution in [-0.2, 0) is 65.0 Å². The molecule has 0 saturated heterocycles. The molecule has 12 atom stereocenters. The average molecular weight is 1440 g/mol. The molecule has 0 aliphatic heterocycles. The van der Waals surface area contributed by atoms with Gasteiger partial charge in [0.25, 0.3) is 0 Å². The first-order chi connectivity index (χ1) is 56.2. The second-order valence-electron chi connectivity index (χ2n) is 33.7. The van der Waals surface area contributed by atoms with Crippen LogP contribution in [0.2, 0.25) is 0 Å². The first kappa shape index (κ1) is 66.8. The molecular formula is C114H66. The lowest BCUT2D eigenvalue weighted by molar-refractivity contribution is 0.316. The predicted molar refractivity (Wildman–Crippen MR) is 435 cm³/mol. The molecule has 6 saturated carbocycles. The minimum atomic E-state index is -0.249. The Morgan fingerprint density at radius 3 is 0.333 bits per heavy atom. The summed E-state index contributed by atoms with van der Waals surface area (Å²) in [7, 11) is 0. The quantitative estimate of drug-likeness (QED) is 0.165. The second kappa shape index (κ2) is 24.7. The van der Waals surface area contributed by atoms with Gasteiger partial charge in [0, 0.05) is 164 Å². The summed E-state index contributed by atoms with van der Waals surface area (Å²) in [6.07, 6.45) is 72.4. The maximum absolute atomic E-state index is 3.63. The SMILES string of the molecule is c1c#cc2cc3c#cc#cc4c(c#cc#cc5c(c#cc#cc6cc(c#cc#cc7c(c#cc#cc8c(c#1)[C@@]19C=CC=C[C@@]81CCC9)[C@@]18C=CC=C[C@@]71CCC8)cc(c#cc#cc1c(c#cc#cc7c(c#cc#cc(c2)c3)[C@@]23C=CC=C[C@@]72CCC3)[C@@]23C=CC=C[C@@]12CCC3)c6)[C@]12C=CC=C[C@]51CCC2)[C@]12C=CC=C[C@]41CCC2. The first-order valence-electron chi connectivity index (χ1n) is 40.4. The fraction of sp³-hybridized carbons (Fsp3) is 0.263. The normalized spacial score (nSPS) is 31.9. The van der Waals surface area contributed by atoms with E-state index in [-0.39, 0.29) is 65.0 Å². The molecule has 6 fully saturated rings. The average Bonchev–Trinajstić information content (AvgIpc) is 1.43. The van der Waals surface area contributed by atoms with Crippen LogP contribution in [0.4, 0.5) is 0 Å². The summed E-state index contributed by atoms with van der Waals surface area (Å²) in [5, 5.41) is 4.35. The Labute approximate surface area is 675 Å². The highest BCUT2D eigenvalue weighted by molar-refractivity contribution is 5.77. The number of rotatable bonds is 0. The Bertz CT molecular complexity index is 5130. The van der Waals surface area contributed by atoms with Gasteiger partial charge in [-0.05, 0) is 223 Å². The number of benzene rings is 2. The maximum atomic E-state index is 3.63. The van der Waals surface area contributed by atoms with Crippen molar-refractivity contribution in [3.8, 4) is 0 Å². The highest BCUT2D eigenvalue weighted by atomic mass is 14.7. The van der Waals surface area contributed by atoms with Crippen LogP contribution in [0.25, 0.3) is 32.3 Å². The maximum Gasteiger partial charge on any atom is 0.0363 e. The summed E-state index contributed by atoms with van der Waals surface area (Å²) in [5.41, 5.74) is 9.33. The third-order valence-corrected chi connectivity index (χ3v) is 29.6. The van der Waals surface area contributed by atoms with Gasteiger partial charge in [0.05, 0.1) is 0 Å². The highest BCUT2D eigenvalue weighted by Crippen LogP contribution is 2.72. The van der Waals surface area contributed by atoms with E-state index in [2.05, 4.69) is 364 Å². The Hall–Kier alpha value is -14.2. The molecule has 0 aromatic heterocycles. The van der Waals surface area contributed by atoms with Gasteiger partial charge in [-0.2, -0.15) is 0 Å². The summed E-state index contributed by atoms with van der Waals surface area (Å²) < 4.78 is 0. The van der Waals surface area contributed by atoms with E-state index in [9.17, 15) is 0 Å². The molecule has 0 heteroatoms. The lowest BCUT2D eigenvalue weighted by Crippen LogP contribution is -2.52. The van der Waals surface area contributed by atoms with Gasteiger partial charge in [-0.3, -0.25) is 0 Å². The molecule has 0 spiro atoms. The minimum absolute atomic E-state index is 0.243. The van der Waals surface area contributed by atoms with Crippen molar-refractivity contribution in [2.45, 2.75) is 181 Å². The molecule has 522 valence electrons. The molecule has 0 heterocycles. The minimum Gasteiger partial charge on any atom is -0.0721 e. The van der Waals surface area contributed by atoms with Gasteiger partial charge < -0.3 is 0 Å². The fourth-order valence-corrected chi connectivity index (χ4v) is 25.0. The third-order valence-electron chi connectivity index (χ3n) is 29.6. The van der Waals surface area contributed by atoms with E-state index in [0.717, 1.165) is 215 Å². The van der Waals surface area contributed by atoms with Crippen molar-refractivity contribution in [2.75, 3.05) is 0 Å². The van der Waals surface area contributed by atoms with E-state index in [1.807, 2.05) is 36.4 Å². The zero-order valence-electron chi connectivity index (χ0n) is 63.0. The van der Waals surface area contributed by atoms with Gasteiger partial charge in [0.15, 0.2) is 0 Å². The van der Waals surface area contributed by atoms with Crippen molar-refractivity contribution in [1.82, 2.24) is 0 Å². The van der Waals surface area contributed by atoms with Crippen LogP contribution in [0.3, 0.4) is 0 Å². The predicted octanol–water partition coefficient (Wildman–Crippen LogP) is 20.6. The smallest absolute Gasteiger partial charge is 0.0363 e. The van der Waals surface area contributed by atoms with Gasteiger partial charge in [0.1, 0.15) is 0 Å². The van der Waals surface area contributed by atoms with Crippen LogP contribution >= 0.6 is 0 Å². The number of hydrogen-bond acceptors (Lipinski definition) is 0. The molecule has 5 aromatic carbocycles. The number of fused-ring (bicyclic) bond motifs is 9. The summed E-state index contributed by atoms with van der Waals surface area (Å²) in [4.78, 5) is 0. The molecule has 0 unspecified atom stereocenters. The first-order valence-corrected chi connectivity index (χ1v) is 40.4. The van der Waals surface area contributed by atoms with E-state index < -0.39 is 0 Å². The molecule has 114 heavy (non-hydrogen) atoms. The molecule has 0 nitrogen and oxygen atoms in total. The summed E-state index contributed by atoms with van der Waals surface area (Å²) in [6.45, 7) is 0. The molecule has 0 N–H and O–H groups in total. The van der Waals surface area contributed by atoms with Crippen LogP contribution < -0.4 is 0 Å². The summed E-state index contributed by atoms with van der Waals surface area (Å²) in [5.74, 6) is 0. The van der Waals surface area contributed by atoms with Gasteiger partial charge >= 0.3 is 0 Å². The van der Waals surface area contributed by atoms with Gasteiger partial charge in [0.2, 0.25) is 0 Å². The Kier molecular flexibility index (Phi) is 14.5. The summed E-state index contributed by atoms with van der Waals surface area (Å²) >= 11 is 0. The molecule has 0 radical (unpaired) electrons. The Balaban J connectivity index is 0.780. The highest BCUT2D eigenvalue weighted by Gasteiger charge is 2.69. The van der Waals surface area contributed by atoms with Crippen molar-refractivity contribution in [3.63, 3.8) is 0 Å². The van der Waals surface area contributed by atoms with E-state index >= 15 is 0 Å². The largest absolute Gasteiger partial charge is 0.0721 e. The molecule has 18 aliphatic rings. The van der Waals surface area contributed by atoms with Crippen molar-refractivity contribution < 1.29 is 0 Å². The summed E-state index contributed by atoms with van der Waals surface area (Å²) in [6, 6.07) is 136. The van der Waals surface area contributed by atoms with Crippen LogP contribution in [0.5, 0.6) is 0 Å². The van der Waals surface area contributed by atoms with Crippen molar-refractivity contribution in [2.24, 2.45) is 0 Å². The van der Waals surface area contributed by atoms with Crippen LogP contribution in [0, 0.1) is 218 Å². The van der Waals surface area contributed by atoms with Gasteiger partial charge in [-0.15, -0.1) is 0 Å². The van der Waals surface area contributed by atoms with Crippen molar-refractivity contribution in [1.29, 1.82) is 0 Å². The molecule has 6 bridgehead atoms. The van der Waals surface area contributed by atoms with Crippen molar-refractivity contribution in [3.05, 3.63) is 467 Å². The molecule has 5 aromatic rings. The second-order valence-corrected chi connectivity index (χ2v) is 33.7. The zero-order chi connectivity index (χ0) is 75.8. The van der Waals surface area contributed by atoms with Gasteiger partial charge in [-0.25, -0.2) is 0 Å². The van der Waals surface area contributed by atoms with Crippen molar-refractivity contribution >= 4 is 32.3 Å². The number of hydrogen-bond donors (Lipinski definition) is 0. The zero-order valence-corrected chi connectivity index (χ0v) is 63.0. The van der Waals surface area contributed by atoms with E-state index in [1.54, 1.807) is 0 Å². The lowest BCUT2D eigenvalue weighted by Gasteiger charge is -2.53. The van der Waals surface area contributed by atoms with E-state index in [0.29, 0.717) is 0 Å². The topological polar surface area (TPSA) is 0 Å². The Morgan fingerprint density at radius 1 is 0.132 bits per heavy atom. The molecule has 0 amide bonds. The number of allylic oxidation sites excluding steroid dienone is 24. The third kappa shape index (κ3) is 8.70. The lowest BCUT2D eigenvalue weighted by atomic mass is 9.47. The molecule has 23 rings (SSSR count).